The van der Waals surface area contributed by atoms with Gasteiger partial charge in [0, 0.05) is 0 Å². The Morgan fingerprint density at radius 2 is 2.21 bits per heavy atom. The molecule has 0 saturated carbocycles. The third-order valence-corrected chi connectivity index (χ3v) is 1.04. The van der Waals surface area contributed by atoms with E-state index in [1.807, 2.05) is 0 Å². The fourth-order valence-corrected chi connectivity index (χ4v) is 0.563. The van der Waals surface area contributed by atoms with Gasteiger partial charge in [0.05, 0.1) is 13.2 Å². The molecular weight excluding hydrogens is 208 g/mol. The summed E-state index contributed by atoms with van der Waals surface area (Å²) in [5.74, 6) is 0.0121. The van der Waals surface area contributed by atoms with Crippen molar-refractivity contribution >= 4 is 24.4 Å². The first-order valence-electron chi connectivity index (χ1n) is 3.92. The largest absolute Gasteiger partial charge is 0.480 e. The summed E-state index contributed by atoms with van der Waals surface area (Å²) in [6.07, 6.45) is 0.886. The lowest BCUT2D eigenvalue weighted by Crippen LogP contribution is -2.30. The molecule has 0 aromatic carbocycles. The van der Waals surface area contributed by atoms with Crippen LogP contribution in [-0.4, -0.2) is 31.7 Å². The average molecular weight is 223 g/mol. The Bertz CT molecular complexity index is 197. The molecule has 0 saturated heterocycles. The summed E-state index contributed by atoms with van der Waals surface area (Å²) in [7, 11) is 0. The highest BCUT2D eigenvalue weighted by atomic mass is 35.5. The lowest BCUT2D eigenvalue weighted by atomic mass is 10.6. The maximum atomic E-state index is 10.8. The number of carbonyl (C=O) groups excluding carboxylic acids is 1. The van der Waals surface area contributed by atoms with Gasteiger partial charge in [-0.2, -0.15) is 0 Å². The molecule has 0 rings (SSSR count). The highest BCUT2D eigenvalue weighted by molar-refractivity contribution is 5.85. The fourth-order valence-electron chi connectivity index (χ4n) is 0.563. The molecule has 0 radical (unpaired) electrons. The van der Waals surface area contributed by atoms with Crippen molar-refractivity contribution in [1.82, 2.24) is 5.32 Å². The second kappa shape index (κ2) is 9.85. The highest BCUT2D eigenvalue weighted by Crippen LogP contribution is 1.80. The zero-order valence-electron chi connectivity index (χ0n) is 8.04. The lowest BCUT2D eigenvalue weighted by molar-refractivity contribution is 0.159. The van der Waals surface area contributed by atoms with E-state index in [-0.39, 0.29) is 31.5 Å². The summed E-state index contributed by atoms with van der Waals surface area (Å²) in [6, 6.07) is 0. The molecule has 0 fully saturated rings. The van der Waals surface area contributed by atoms with Crippen molar-refractivity contribution in [3.05, 3.63) is 12.7 Å². The van der Waals surface area contributed by atoms with Crippen molar-refractivity contribution < 1.29 is 14.3 Å². The standard InChI is InChI=1S/C8H14N2O3.ClH/c1-3-5-13-8(11)10-6-7(9)12-4-2;/h3,9H,1,4-6H2,2H3,(H,10,11);1H. The van der Waals surface area contributed by atoms with Crippen molar-refractivity contribution in [2.45, 2.75) is 6.92 Å². The van der Waals surface area contributed by atoms with Gasteiger partial charge in [0.25, 0.3) is 0 Å². The van der Waals surface area contributed by atoms with Gasteiger partial charge in [-0.05, 0) is 6.92 Å². The van der Waals surface area contributed by atoms with Crippen LogP contribution in [0.15, 0.2) is 12.7 Å². The number of alkyl carbamates (subject to hydrolysis) is 1. The Morgan fingerprint density at radius 3 is 2.71 bits per heavy atom. The van der Waals surface area contributed by atoms with Gasteiger partial charge in [0.2, 0.25) is 5.90 Å². The molecule has 82 valence electrons. The maximum absolute atomic E-state index is 10.8. The predicted molar refractivity (Wildman–Crippen MR) is 56.1 cm³/mol. The predicted octanol–water partition coefficient (Wildman–Crippen LogP) is 1.33. The number of halogens is 1. The van der Waals surface area contributed by atoms with Crippen LogP contribution in [0, 0.1) is 5.41 Å². The van der Waals surface area contributed by atoms with Crippen molar-refractivity contribution in [2.75, 3.05) is 19.8 Å². The van der Waals surface area contributed by atoms with Gasteiger partial charge >= 0.3 is 6.09 Å². The number of ether oxygens (including phenoxy) is 2. The van der Waals surface area contributed by atoms with E-state index in [0.29, 0.717) is 6.61 Å². The molecule has 0 atom stereocenters. The summed E-state index contributed by atoms with van der Waals surface area (Å²) >= 11 is 0. The van der Waals surface area contributed by atoms with Crippen LogP contribution in [0.25, 0.3) is 0 Å². The monoisotopic (exact) mass is 222 g/mol. The van der Waals surface area contributed by atoms with Gasteiger partial charge in [0.1, 0.15) is 6.61 Å². The Morgan fingerprint density at radius 1 is 1.57 bits per heavy atom. The summed E-state index contributed by atoms with van der Waals surface area (Å²) in [6.45, 7) is 5.78. The van der Waals surface area contributed by atoms with E-state index < -0.39 is 6.09 Å². The average Bonchev–Trinajstić information content (AvgIpc) is 2.12. The topological polar surface area (TPSA) is 71.4 Å². The van der Waals surface area contributed by atoms with Crippen LogP contribution in [-0.2, 0) is 9.47 Å². The molecular formula is C8H15ClN2O3. The minimum atomic E-state index is -0.579. The van der Waals surface area contributed by atoms with Gasteiger partial charge in [-0.25, -0.2) is 4.79 Å². The number of rotatable bonds is 5. The van der Waals surface area contributed by atoms with Crippen molar-refractivity contribution in [3.63, 3.8) is 0 Å². The summed E-state index contributed by atoms with van der Waals surface area (Å²) in [5.41, 5.74) is 0. The second-order valence-electron chi connectivity index (χ2n) is 2.10. The third-order valence-electron chi connectivity index (χ3n) is 1.04. The molecule has 6 heteroatoms. The molecule has 0 spiro atoms. The molecule has 2 N–H and O–H groups in total. The van der Waals surface area contributed by atoms with Gasteiger partial charge in [-0.15, -0.1) is 12.4 Å². The van der Waals surface area contributed by atoms with Gasteiger partial charge in [-0.3, -0.25) is 5.41 Å². The molecule has 5 nitrogen and oxygen atoms in total. The first kappa shape index (κ1) is 15.3. The molecule has 0 bridgehead atoms. The number of carbonyl (C=O) groups is 1. The molecule has 0 aromatic rings. The van der Waals surface area contributed by atoms with Gasteiger partial charge < -0.3 is 14.8 Å². The van der Waals surface area contributed by atoms with Gasteiger partial charge in [0.15, 0.2) is 0 Å². The van der Waals surface area contributed by atoms with Crippen LogP contribution < -0.4 is 5.32 Å². The van der Waals surface area contributed by atoms with E-state index in [2.05, 4.69) is 16.6 Å². The van der Waals surface area contributed by atoms with Crippen LogP contribution in [0.1, 0.15) is 6.92 Å². The Hall–Kier alpha value is -1.23. The van der Waals surface area contributed by atoms with Crippen LogP contribution >= 0.6 is 12.4 Å². The van der Waals surface area contributed by atoms with Crippen molar-refractivity contribution in [1.29, 1.82) is 5.41 Å². The first-order chi connectivity index (χ1) is 6.20. The summed E-state index contributed by atoms with van der Waals surface area (Å²) in [4.78, 5) is 10.8. The number of amides is 1. The first-order valence-corrected chi connectivity index (χ1v) is 3.92. The van der Waals surface area contributed by atoms with Crippen LogP contribution in [0.2, 0.25) is 0 Å². The molecule has 0 heterocycles. The van der Waals surface area contributed by atoms with Crippen LogP contribution in [0.5, 0.6) is 0 Å². The van der Waals surface area contributed by atoms with E-state index in [9.17, 15) is 4.79 Å². The molecule has 0 aromatic heterocycles. The molecule has 0 unspecified atom stereocenters. The summed E-state index contributed by atoms with van der Waals surface area (Å²) in [5, 5.41) is 9.49. The van der Waals surface area contributed by atoms with E-state index in [4.69, 9.17) is 10.1 Å². The minimum absolute atomic E-state index is 0. The minimum Gasteiger partial charge on any atom is -0.480 e. The molecule has 0 aliphatic carbocycles. The van der Waals surface area contributed by atoms with Crippen LogP contribution in [0.4, 0.5) is 4.79 Å². The Balaban J connectivity index is 0. The molecule has 1 amide bonds. The van der Waals surface area contributed by atoms with Crippen molar-refractivity contribution in [2.24, 2.45) is 0 Å². The zero-order chi connectivity index (χ0) is 10.1. The smallest absolute Gasteiger partial charge is 0.407 e. The zero-order valence-corrected chi connectivity index (χ0v) is 8.86. The maximum Gasteiger partial charge on any atom is 0.407 e. The van der Waals surface area contributed by atoms with Crippen molar-refractivity contribution in [3.8, 4) is 0 Å². The quantitative estimate of drug-likeness (QED) is 0.419. The molecule has 0 aliphatic heterocycles. The van der Waals surface area contributed by atoms with E-state index >= 15 is 0 Å². The third kappa shape index (κ3) is 8.86. The van der Waals surface area contributed by atoms with Gasteiger partial charge in [-0.1, -0.05) is 12.7 Å². The van der Waals surface area contributed by atoms with Crippen LogP contribution in [0.3, 0.4) is 0 Å². The lowest BCUT2D eigenvalue weighted by Gasteiger charge is -2.06. The Labute approximate surface area is 89.4 Å². The highest BCUT2D eigenvalue weighted by Gasteiger charge is 2.02. The molecule has 0 aliphatic rings. The summed E-state index contributed by atoms with van der Waals surface area (Å²) < 4.78 is 9.39. The number of nitrogens with one attached hydrogen (secondary N) is 2. The fraction of sp³-hybridized carbons (Fsp3) is 0.500. The van der Waals surface area contributed by atoms with E-state index in [1.54, 1.807) is 6.92 Å². The normalized spacial score (nSPS) is 8.07. The second-order valence-corrected chi connectivity index (χ2v) is 2.10. The SMILES string of the molecule is C=CCOC(=O)NCC(=N)OCC.Cl. The number of hydrogen-bond acceptors (Lipinski definition) is 4. The van der Waals surface area contributed by atoms with E-state index in [0.717, 1.165) is 0 Å². The molecule has 14 heavy (non-hydrogen) atoms. The Kier molecular flexibility index (Phi) is 10.7. The number of hydrogen-bond donors (Lipinski definition) is 2. The van der Waals surface area contributed by atoms with E-state index in [1.165, 1.54) is 6.08 Å².